The van der Waals surface area contributed by atoms with Crippen molar-refractivity contribution in [3.8, 4) is 42.3 Å². The number of nitrogens with one attached hydrogen (secondary N) is 2. The van der Waals surface area contributed by atoms with E-state index in [-0.39, 0.29) is 86.9 Å². The number of carbonyl (C=O) groups excluding carboxylic acids is 7. The Kier molecular flexibility index (Phi) is 33.8. The van der Waals surface area contributed by atoms with Crippen molar-refractivity contribution >= 4 is 280 Å². The number of nitrogen functional groups attached to an aromatic ring is 2. The Hall–Kier alpha value is -7.49. The zero-order valence-corrected chi connectivity index (χ0v) is 86.5. The number of nitrogens with two attached hydrogens (primary N) is 2. The molecule has 4 aliphatic rings. The molecule has 4 atom stereocenters. The fourth-order valence-electron chi connectivity index (χ4n) is 14.3. The standard InChI is InChI=1S/2C23H24BrN3O3S2.2C20H22BrN3O2S2.C3H4Cl2O.2CH4/c1-6-18(28)26-21-19(20-25-15-10-13(24)7-8-16(15)31-20)14-9-12(2)27(11-17(14)32-21)22(29)30-23(3,4)5;1-6-17(28)26-21-18(20-25-15-11-13(24)7-8-16(15)31-20)14-9-10-27(12(2)19(14)32-21)22(29)30-23(3,4)5;1-10-7-12-15(9-24(10)19(25)26-20(2,3)4)27-17(22)16(12)18-23-13-8-11(21)5-6-14(13)28-18;1-10-16-12(7-8-24(10)19(25)26-20(2,3)4)15(17(22)28-16)18-23-13-9-11(21)5-6-14(13)27-18;4-2-1-3(5)6;;/h6-8,10,12H,1,9,11H2,2-5H3,(H,26,28);6-8,11-12H,1,9-10H2,2-5H3,(H,26,28);5-6,8,10H,7,9,22H2,1-4H3;5-6,9-10H,7-8,22H2,1-4H3;1-2H2;2*1H4. The first-order valence-corrected chi connectivity index (χ1v) is 50.7. The zero-order valence-electron chi connectivity index (χ0n) is 72.1. The van der Waals surface area contributed by atoms with Gasteiger partial charge in [-0.15, -0.1) is 102 Å². The number of alkyl halides is 1. The maximum Gasteiger partial charge on any atom is 0.410 e. The highest BCUT2D eigenvalue weighted by molar-refractivity contribution is 9.11. The number of fused-ring (bicyclic) bond motifs is 8. The Morgan fingerprint density at radius 2 is 0.750 bits per heavy atom. The highest BCUT2D eigenvalue weighted by atomic mass is 79.9. The molecule has 0 spiro atoms. The Bertz CT molecular complexity index is 6150. The van der Waals surface area contributed by atoms with Crippen LogP contribution in [0.3, 0.4) is 0 Å². The van der Waals surface area contributed by atoms with E-state index in [1.165, 1.54) is 46.0 Å². The molecule has 37 heteroatoms. The summed E-state index contributed by atoms with van der Waals surface area (Å²) in [4.78, 5) is 116. The molecule has 16 rings (SSSR count). The minimum Gasteiger partial charge on any atom is -0.444 e. The van der Waals surface area contributed by atoms with Crippen molar-refractivity contribution in [1.82, 2.24) is 39.5 Å². The number of ether oxygens (including phenoxy) is 4. The van der Waals surface area contributed by atoms with Gasteiger partial charge in [-0.3, -0.25) is 14.4 Å². The van der Waals surface area contributed by atoms with Crippen molar-refractivity contribution in [3.05, 3.63) is 158 Å². The molecular weight excluding hydrogens is 2080 g/mol. The second-order valence-electron chi connectivity index (χ2n) is 34.0. The van der Waals surface area contributed by atoms with Crippen LogP contribution in [0.15, 0.2) is 116 Å². The Morgan fingerprint density at radius 1 is 0.453 bits per heavy atom. The van der Waals surface area contributed by atoms with Crippen LogP contribution in [-0.4, -0.2) is 134 Å². The van der Waals surface area contributed by atoms with Gasteiger partial charge in [-0.25, -0.2) is 39.1 Å². The first-order chi connectivity index (χ1) is 59.1. The van der Waals surface area contributed by atoms with Crippen LogP contribution in [0.4, 0.5) is 39.2 Å². The van der Waals surface area contributed by atoms with E-state index in [1.54, 1.807) is 87.6 Å². The topological polar surface area (TPSA) is 297 Å². The molecule has 6 N–H and O–H groups in total. The van der Waals surface area contributed by atoms with Crippen molar-refractivity contribution in [2.45, 2.75) is 217 Å². The lowest BCUT2D eigenvalue weighted by atomic mass is 9.97. The molecule has 0 aliphatic carbocycles. The van der Waals surface area contributed by atoms with E-state index >= 15 is 0 Å². The summed E-state index contributed by atoms with van der Waals surface area (Å²) < 4.78 is 30.8. The number of carbonyl (C=O) groups is 7. The van der Waals surface area contributed by atoms with Gasteiger partial charge >= 0.3 is 24.4 Å². The van der Waals surface area contributed by atoms with Gasteiger partial charge in [0.2, 0.25) is 17.1 Å². The van der Waals surface area contributed by atoms with Crippen molar-refractivity contribution in [2.24, 2.45) is 0 Å². The van der Waals surface area contributed by atoms with Crippen LogP contribution in [0.25, 0.3) is 83.2 Å². The molecule has 12 aromatic rings. The Labute approximate surface area is 822 Å². The second-order valence-corrected chi connectivity index (χ2v) is 47.0. The van der Waals surface area contributed by atoms with E-state index in [0.29, 0.717) is 44.9 Å². The number of anilines is 4. The molecule has 4 aromatic carbocycles. The fraction of sp³-hybridized carbons (Fsp3) is 0.396. The quantitative estimate of drug-likeness (QED) is 0.0428. The molecule has 0 bridgehead atoms. The van der Waals surface area contributed by atoms with Crippen molar-refractivity contribution in [1.29, 1.82) is 0 Å². The van der Waals surface area contributed by atoms with Crippen LogP contribution in [0, 0.1) is 0 Å². The number of nitrogens with zero attached hydrogens (tertiary/aromatic N) is 8. The molecule has 4 unspecified atom stereocenters. The number of amides is 6. The van der Waals surface area contributed by atoms with E-state index in [4.69, 9.17) is 73.6 Å². The Balaban J connectivity index is 0.000000173. The fourth-order valence-corrected chi connectivity index (χ4v) is 25.2. The predicted molar refractivity (Wildman–Crippen MR) is 549 cm³/mol. The summed E-state index contributed by atoms with van der Waals surface area (Å²) in [5.74, 6) is -0.224. The highest BCUT2D eigenvalue weighted by Crippen LogP contribution is 2.53. The highest BCUT2D eigenvalue weighted by Gasteiger charge is 2.41. The number of benzene rings is 4. The van der Waals surface area contributed by atoms with Crippen LogP contribution < -0.4 is 22.1 Å². The smallest absolute Gasteiger partial charge is 0.410 e. The molecule has 6 amide bonds. The lowest BCUT2D eigenvalue weighted by Gasteiger charge is -2.35. The van der Waals surface area contributed by atoms with Crippen LogP contribution >= 0.6 is 178 Å². The van der Waals surface area contributed by atoms with E-state index in [0.717, 1.165) is 165 Å². The number of hydrogen-bond acceptors (Lipinski definition) is 25. The van der Waals surface area contributed by atoms with Gasteiger partial charge in [-0.2, -0.15) is 0 Å². The predicted octanol–water partition coefficient (Wildman–Crippen LogP) is 28.3. The molecule has 0 fully saturated rings. The molecule has 0 saturated heterocycles. The molecule has 8 aromatic heterocycles. The molecule has 12 heterocycles. The van der Waals surface area contributed by atoms with Gasteiger partial charge < -0.3 is 60.6 Å². The summed E-state index contributed by atoms with van der Waals surface area (Å²) in [6, 6.07) is 24.0. The maximum absolute atomic E-state index is 12.8. The van der Waals surface area contributed by atoms with Crippen LogP contribution in [-0.2, 0) is 72.1 Å². The van der Waals surface area contributed by atoms with Gasteiger partial charge in [0, 0.05) is 97.1 Å². The molecule has 128 heavy (non-hydrogen) atoms. The molecule has 4 aliphatic heterocycles. The second kappa shape index (κ2) is 42.2. The lowest BCUT2D eigenvalue weighted by Crippen LogP contribution is -2.44. The first-order valence-electron chi connectivity index (χ1n) is 40.1. The minimum absolute atomic E-state index is 0. The maximum atomic E-state index is 12.8. The molecule has 684 valence electrons. The third-order valence-electron chi connectivity index (χ3n) is 19.8. The van der Waals surface area contributed by atoms with E-state index in [1.807, 2.05) is 165 Å². The van der Waals surface area contributed by atoms with Crippen LogP contribution in [0.2, 0.25) is 0 Å². The van der Waals surface area contributed by atoms with Gasteiger partial charge in [-0.05, 0) is 255 Å². The van der Waals surface area contributed by atoms with E-state index < -0.39 is 22.4 Å². The Morgan fingerprint density at radius 3 is 1.09 bits per heavy atom. The van der Waals surface area contributed by atoms with Crippen molar-refractivity contribution in [3.63, 3.8) is 0 Å². The summed E-state index contributed by atoms with van der Waals surface area (Å²) >= 11 is 36.6. The van der Waals surface area contributed by atoms with Crippen LogP contribution in [0.1, 0.15) is 186 Å². The van der Waals surface area contributed by atoms with Crippen LogP contribution in [0.5, 0.6) is 0 Å². The average Bonchev–Trinajstić information content (AvgIpc) is 1.61. The normalized spacial score (nSPS) is 15.9. The van der Waals surface area contributed by atoms with Gasteiger partial charge in [-0.1, -0.05) is 91.7 Å². The monoisotopic (exact) mass is 2180 g/mol. The number of hydrogen-bond donors (Lipinski definition) is 4. The first kappa shape index (κ1) is 103. The van der Waals surface area contributed by atoms with Crippen molar-refractivity contribution in [2.75, 3.05) is 41.1 Å². The summed E-state index contributed by atoms with van der Waals surface area (Å²) in [6.07, 6.45) is 4.40. The summed E-state index contributed by atoms with van der Waals surface area (Å²) in [5.41, 5.74) is 23.1. The SMILES string of the molecule is C.C.C=CC(=O)Nc1sc2c(c1-c1nc3cc(Br)ccc3s1)CC(C)N(C(=O)OC(C)(C)C)C2.C=CC(=O)Nc1sc2c(c1-c1nc3cc(Br)ccc3s1)CCN(C(=O)OC(C)(C)C)C2C.CC1Cc2c(sc(N)c2-c2nc3cc(Br)ccc3s2)CN1C(=O)OC(C)(C)C.CC1c2sc(N)c(-c3nc4cc(Br)ccc4s3)c2CCN1C(=O)OC(C)(C)C.O=C(Cl)CCCl. The molecule has 23 nitrogen and oxygen atoms in total. The lowest BCUT2D eigenvalue weighted by molar-refractivity contribution is -0.112. The number of halogens is 6. The molecule has 0 saturated carbocycles. The van der Waals surface area contributed by atoms with Crippen molar-refractivity contribution < 1.29 is 52.5 Å². The third kappa shape index (κ3) is 24.7. The number of rotatable bonds is 10. The average molecular weight is 2190 g/mol. The van der Waals surface area contributed by atoms with Gasteiger partial charge in [0.1, 0.15) is 52.4 Å². The summed E-state index contributed by atoms with van der Waals surface area (Å²) in [5, 5.41) is 12.1. The van der Waals surface area contributed by atoms with Gasteiger partial charge in [0.05, 0.1) is 76.0 Å². The number of thiophene rings is 4. The largest absolute Gasteiger partial charge is 0.444 e. The van der Waals surface area contributed by atoms with E-state index in [9.17, 15) is 33.6 Å². The van der Waals surface area contributed by atoms with E-state index in [2.05, 4.69) is 107 Å². The zero-order chi connectivity index (χ0) is 91.8. The van der Waals surface area contributed by atoms with Gasteiger partial charge in [0.25, 0.3) is 0 Å². The summed E-state index contributed by atoms with van der Waals surface area (Å²) in [7, 11) is 0. The molecular formula is C91H104Br4Cl2N12O11S8. The third-order valence-corrected chi connectivity index (χ3v) is 31.1. The summed E-state index contributed by atoms with van der Waals surface area (Å²) in [6.45, 7) is 39.9. The number of thiazole rings is 4. The van der Waals surface area contributed by atoms with Gasteiger partial charge in [0.15, 0.2) is 0 Å². The molecule has 0 radical (unpaired) electrons. The minimum atomic E-state index is -0.559. The number of aromatic nitrogens is 4.